The number of fused-ring (bicyclic) bond motifs is 7. The molecule has 0 spiro atoms. The van der Waals surface area contributed by atoms with Crippen molar-refractivity contribution in [2.45, 2.75) is 12.3 Å². The van der Waals surface area contributed by atoms with Crippen molar-refractivity contribution in [2.24, 2.45) is 0 Å². The molecule has 0 bridgehead atoms. The molecule has 0 radical (unpaired) electrons. The highest BCUT2D eigenvalue weighted by Gasteiger charge is 2.20. The lowest BCUT2D eigenvalue weighted by atomic mass is 9.90. The number of nitrogens with zero attached hydrogens (tertiary/aromatic N) is 2. The Morgan fingerprint density at radius 1 is 0.491 bits per heavy atom. The van der Waals surface area contributed by atoms with Crippen molar-refractivity contribution < 1.29 is 0 Å². The molecule has 1 aliphatic carbocycles. The second kappa shape index (κ2) is 13.0. The Balaban J connectivity index is 0.943. The maximum Gasteiger partial charge on any atom is 0.0541 e. The lowest BCUT2D eigenvalue weighted by molar-refractivity contribution is 0.841. The summed E-state index contributed by atoms with van der Waals surface area (Å²) in [6.45, 7) is 0. The van der Waals surface area contributed by atoms with Gasteiger partial charge in [0.15, 0.2) is 0 Å². The highest BCUT2D eigenvalue weighted by atomic mass is 32.1. The van der Waals surface area contributed by atoms with Crippen molar-refractivity contribution in [1.82, 2.24) is 4.57 Å². The molecule has 2 heterocycles. The fraction of sp³-hybridized carbons (Fsp3) is 0.0385. The van der Waals surface area contributed by atoms with Crippen LogP contribution in [0.15, 0.2) is 206 Å². The van der Waals surface area contributed by atoms with Crippen molar-refractivity contribution in [2.75, 3.05) is 4.90 Å². The van der Waals surface area contributed by atoms with Crippen LogP contribution in [0.4, 0.5) is 11.4 Å². The van der Waals surface area contributed by atoms with Crippen LogP contribution in [-0.4, -0.2) is 4.57 Å². The Hall–Kier alpha value is -6.68. The van der Waals surface area contributed by atoms with Crippen LogP contribution >= 0.6 is 11.3 Å². The second-order valence-electron chi connectivity index (χ2n) is 14.5. The number of aromatic nitrogens is 1. The highest BCUT2D eigenvalue weighted by Crippen LogP contribution is 2.41. The van der Waals surface area contributed by atoms with Crippen LogP contribution in [0.5, 0.6) is 0 Å². The standard InChI is InChI=1S/C52H36N2S/c1-2-12-41(13-3-1)54-49-16-8-6-14-45(49)48-33-39(24-31-50(48)54)36-18-25-42(26-19-36)53(44-29-22-35-10-4-5-11-38(35)32-44)43-27-20-37(21-28-43)40-23-30-47-46-15-7-9-17-51(46)55-52(47)34-40/h1-18,20-34,36H,19H2. The zero-order valence-corrected chi connectivity index (χ0v) is 31.0. The van der Waals surface area contributed by atoms with E-state index in [4.69, 9.17) is 0 Å². The van der Waals surface area contributed by atoms with Crippen LogP contribution < -0.4 is 4.90 Å². The van der Waals surface area contributed by atoms with Gasteiger partial charge in [-0.3, -0.25) is 0 Å². The molecule has 1 atom stereocenters. The molecule has 3 heteroatoms. The Morgan fingerprint density at radius 3 is 2.05 bits per heavy atom. The number of thiophene rings is 1. The van der Waals surface area contributed by atoms with E-state index in [-0.39, 0.29) is 5.92 Å². The molecule has 10 aromatic rings. The molecule has 0 fully saturated rings. The zero-order chi connectivity index (χ0) is 36.3. The van der Waals surface area contributed by atoms with E-state index < -0.39 is 0 Å². The highest BCUT2D eigenvalue weighted by molar-refractivity contribution is 7.25. The van der Waals surface area contributed by atoms with Gasteiger partial charge in [0.1, 0.15) is 0 Å². The van der Waals surface area contributed by atoms with Crippen LogP contribution in [0.25, 0.3) is 69.6 Å². The van der Waals surface area contributed by atoms with Crippen LogP contribution in [0.2, 0.25) is 0 Å². The van der Waals surface area contributed by atoms with Gasteiger partial charge in [-0.15, -0.1) is 11.3 Å². The molecule has 0 amide bonds. The SMILES string of the molecule is C1=CC(c2ccc3c(c2)c2ccccc2n3-c2ccccc2)CC=C1N(c1ccc(-c2ccc3c(c2)sc2ccccc23)cc1)c1ccc2ccccc2c1. The minimum absolute atomic E-state index is 0.289. The van der Waals surface area contributed by atoms with E-state index in [1.54, 1.807) is 0 Å². The van der Waals surface area contributed by atoms with Gasteiger partial charge in [0.25, 0.3) is 0 Å². The van der Waals surface area contributed by atoms with Gasteiger partial charge in [0, 0.05) is 59.6 Å². The lowest BCUT2D eigenvalue weighted by Gasteiger charge is -2.29. The number of benzene rings is 8. The molecule has 0 saturated carbocycles. The van der Waals surface area contributed by atoms with Crippen molar-refractivity contribution in [3.05, 3.63) is 211 Å². The fourth-order valence-electron chi connectivity index (χ4n) is 8.57. The third-order valence-corrected chi connectivity index (χ3v) is 12.4. The summed E-state index contributed by atoms with van der Waals surface area (Å²) >= 11 is 1.87. The number of rotatable bonds is 6. The van der Waals surface area contributed by atoms with E-state index in [9.17, 15) is 0 Å². The first kappa shape index (κ1) is 31.8. The third-order valence-electron chi connectivity index (χ3n) is 11.3. The smallest absolute Gasteiger partial charge is 0.0541 e. The van der Waals surface area contributed by atoms with Gasteiger partial charge in [0.05, 0.1) is 11.0 Å². The molecule has 11 rings (SSSR count). The van der Waals surface area contributed by atoms with Crippen molar-refractivity contribution in [3.63, 3.8) is 0 Å². The molecule has 8 aromatic carbocycles. The maximum absolute atomic E-state index is 2.42. The molecule has 0 saturated heterocycles. The maximum atomic E-state index is 2.42. The van der Waals surface area contributed by atoms with E-state index >= 15 is 0 Å². The van der Waals surface area contributed by atoms with E-state index in [0.717, 1.165) is 17.8 Å². The summed E-state index contributed by atoms with van der Waals surface area (Å²) < 4.78 is 5.05. The van der Waals surface area contributed by atoms with Crippen molar-refractivity contribution >= 4 is 75.5 Å². The quantitative estimate of drug-likeness (QED) is 0.166. The van der Waals surface area contributed by atoms with Gasteiger partial charge in [-0.05, 0) is 107 Å². The first-order chi connectivity index (χ1) is 27.2. The molecule has 1 unspecified atom stereocenters. The summed E-state index contributed by atoms with van der Waals surface area (Å²) in [5, 5.41) is 7.73. The molecule has 2 aromatic heterocycles. The van der Waals surface area contributed by atoms with Crippen LogP contribution in [-0.2, 0) is 0 Å². The largest absolute Gasteiger partial charge is 0.311 e. The zero-order valence-electron chi connectivity index (χ0n) is 30.1. The fourth-order valence-corrected chi connectivity index (χ4v) is 9.72. The average Bonchev–Trinajstić information content (AvgIpc) is 3.79. The number of allylic oxidation sites excluding steroid dienone is 3. The first-order valence-electron chi connectivity index (χ1n) is 19.0. The number of anilines is 2. The number of hydrogen-bond donors (Lipinski definition) is 0. The Kier molecular flexibility index (Phi) is 7.53. The van der Waals surface area contributed by atoms with Crippen LogP contribution in [0.3, 0.4) is 0 Å². The average molecular weight is 721 g/mol. The summed E-state index contributed by atoms with van der Waals surface area (Å²) in [6, 6.07) is 66.6. The summed E-state index contributed by atoms with van der Waals surface area (Å²) in [7, 11) is 0. The number of para-hydroxylation sites is 2. The topological polar surface area (TPSA) is 8.17 Å². The predicted octanol–water partition coefficient (Wildman–Crippen LogP) is 14.7. The molecule has 2 nitrogen and oxygen atoms in total. The Labute approximate surface area is 324 Å². The number of hydrogen-bond acceptors (Lipinski definition) is 2. The van der Waals surface area contributed by atoms with E-state index in [1.807, 2.05) is 11.3 Å². The van der Waals surface area contributed by atoms with Gasteiger partial charge >= 0.3 is 0 Å². The first-order valence-corrected chi connectivity index (χ1v) is 19.8. The minimum Gasteiger partial charge on any atom is -0.311 e. The van der Waals surface area contributed by atoms with Gasteiger partial charge in [-0.2, -0.15) is 0 Å². The Bertz CT molecular complexity index is 3130. The van der Waals surface area contributed by atoms with Crippen LogP contribution in [0, 0.1) is 0 Å². The van der Waals surface area contributed by atoms with E-state index in [0.29, 0.717) is 0 Å². The third kappa shape index (κ3) is 5.47. The molecule has 260 valence electrons. The van der Waals surface area contributed by atoms with E-state index in [1.165, 1.54) is 80.8 Å². The molecular formula is C52H36N2S. The monoisotopic (exact) mass is 720 g/mol. The van der Waals surface area contributed by atoms with Crippen molar-refractivity contribution in [1.29, 1.82) is 0 Å². The predicted molar refractivity (Wildman–Crippen MR) is 236 cm³/mol. The molecule has 0 N–H and O–H groups in total. The van der Waals surface area contributed by atoms with E-state index in [2.05, 4.69) is 210 Å². The molecule has 0 aliphatic heterocycles. The normalized spacial score (nSPS) is 14.3. The van der Waals surface area contributed by atoms with Gasteiger partial charge in [0.2, 0.25) is 0 Å². The summed E-state index contributed by atoms with van der Waals surface area (Å²) in [5.74, 6) is 0.289. The van der Waals surface area contributed by atoms with Crippen LogP contribution in [0.1, 0.15) is 17.9 Å². The van der Waals surface area contributed by atoms with Gasteiger partial charge in [-0.1, -0.05) is 127 Å². The van der Waals surface area contributed by atoms with Crippen molar-refractivity contribution in [3.8, 4) is 16.8 Å². The second-order valence-corrected chi connectivity index (χ2v) is 15.6. The minimum atomic E-state index is 0.289. The lowest BCUT2D eigenvalue weighted by Crippen LogP contribution is -2.17. The summed E-state index contributed by atoms with van der Waals surface area (Å²) in [6.07, 6.45) is 8.06. The summed E-state index contributed by atoms with van der Waals surface area (Å²) in [5.41, 5.74) is 11.0. The Morgan fingerprint density at radius 2 is 1.20 bits per heavy atom. The molecular weight excluding hydrogens is 685 g/mol. The molecule has 55 heavy (non-hydrogen) atoms. The summed E-state index contributed by atoms with van der Waals surface area (Å²) in [4.78, 5) is 2.41. The van der Waals surface area contributed by atoms with Gasteiger partial charge in [-0.25, -0.2) is 0 Å². The van der Waals surface area contributed by atoms with Gasteiger partial charge < -0.3 is 9.47 Å². The molecule has 1 aliphatic rings.